The van der Waals surface area contributed by atoms with Gasteiger partial charge in [0.05, 0.1) is 0 Å². The largest absolute Gasteiger partial charge is 0.489 e. The first-order chi connectivity index (χ1) is 8.78. The lowest BCUT2D eigenvalue weighted by molar-refractivity contribution is 0.306. The van der Waals surface area contributed by atoms with Gasteiger partial charge in [0, 0.05) is 11.6 Å². The van der Waals surface area contributed by atoms with Crippen molar-refractivity contribution < 1.29 is 4.74 Å². The van der Waals surface area contributed by atoms with E-state index in [1.54, 1.807) is 0 Å². The molecule has 0 saturated heterocycles. The van der Waals surface area contributed by atoms with Crippen molar-refractivity contribution in [2.45, 2.75) is 13.2 Å². The van der Waals surface area contributed by atoms with Crippen LogP contribution in [0, 0.1) is 0 Å². The molecule has 0 atom stereocenters. The van der Waals surface area contributed by atoms with Crippen molar-refractivity contribution in [1.82, 2.24) is 5.32 Å². The lowest BCUT2D eigenvalue weighted by Gasteiger charge is -2.07. The Balaban J connectivity index is 1.93. The summed E-state index contributed by atoms with van der Waals surface area (Å²) in [6.07, 6.45) is 0. The molecule has 0 radical (unpaired) electrons. The Hall–Kier alpha value is -1.51. The summed E-state index contributed by atoms with van der Waals surface area (Å²) >= 11 is 5.90. The van der Waals surface area contributed by atoms with Crippen molar-refractivity contribution in [1.29, 1.82) is 0 Å². The maximum absolute atomic E-state index is 5.90. The van der Waals surface area contributed by atoms with E-state index < -0.39 is 0 Å². The SMILES string of the molecule is CNCc1ccc(COc2cccc(Cl)c2)cc1. The third-order valence-corrected chi connectivity index (χ3v) is 2.84. The maximum Gasteiger partial charge on any atom is 0.121 e. The molecule has 0 bridgehead atoms. The molecule has 0 amide bonds. The standard InChI is InChI=1S/C15H16ClNO/c1-17-10-12-5-7-13(8-6-12)11-18-15-4-2-3-14(16)9-15/h2-9,17H,10-11H2,1H3. The first-order valence-electron chi connectivity index (χ1n) is 5.89. The fraction of sp³-hybridized carbons (Fsp3) is 0.200. The molecule has 0 heterocycles. The van der Waals surface area contributed by atoms with Crippen LogP contribution in [0.1, 0.15) is 11.1 Å². The number of halogens is 1. The minimum Gasteiger partial charge on any atom is -0.489 e. The van der Waals surface area contributed by atoms with Gasteiger partial charge in [-0.05, 0) is 36.4 Å². The maximum atomic E-state index is 5.90. The molecule has 0 aliphatic heterocycles. The summed E-state index contributed by atoms with van der Waals surface area (Å²) in [6.45, 7) is 1.44. The van der Waals surface area contributed by atoms with Gasteiger partial charge in [-0.25, -0.2) is 0 Å². The lowest BCUT2D eigenvalue weighted by atomic mass is 10.1. The second kappa shape index (κ2) is 6.43. The predicted molar refractivity (Wildman–Crippen MR) is 75.0 cm³/mol. The van der Waals surface area contributed by atoms with Crippen LogP contribution in [0.2, 0.25) is 5.02 Å². The molecule has 0 saturated carbocycles. The summed E-state index contributed by atoms with van der Waals surface area (Å²) in [5.41, 5.74) is 2.42. The smallest absolute Gasteiger partial charge is 0.121 e. The van der Waals surface area contributed by atoms with Crippen molar-refractivity contribution >= 4 is 11.6 Å². The molecule has 0 aliphatic rings. The molecule has 2 aromatic carbocycles. The number of benzene rings is 2. The zero-order valence-electron chi connectivity index (χ0n) is 10.3. The van der Waals surface area contributed by atoms with Crippen molar-refractivity contribution in [2.75, 3.05) is 7.05 Å². The van der Waals surface area contributed by atoms with E-state index in [-0.39, 0.29) is 0 Å². The summed E-state index contributed by atoms with van der Waals surface area (Å²) in [4.78, 5) is 0. The molecule has 2 nitrogen and oxygen atoms in total. The number of hydrogen-bond donors (Lipinski definition) is 1. The molecule has 0 fully saturated rings. The third kappa shape index (κ3) is 3.76. The molecule has 2 aromatic rings. The molecule has 18 heavy (non-hydrogen) atoms. The lowest BCUT2D eigenvalue weighted by Crippen LogP contribution is -2.05. The molecular formula is C15H16ClNO. The van der Waals surface area contributed by atoms with Crippen molar-refractivity contribution in [3.8, 4) is 5.75 Å². The molecule has 0 spiro atoms. The number of hydrogen-bond acceptors (Lipinski definition) is 2. The Morgan fingerprint density at radius 3 is 2.44 bits per heavy atom. The number of rotatable bonds is 5. The van der Waals surface area contributed by atoms with Crippen molar-refractivity contribution in [3.63, 3.8) is 0 Å². The van der Waals surface area contributed by atoms with E-state index in [0.29, 0.717) is 11.6 Å². The van der Waals surface area contributed by atoms with E-state index in [4.69, 9.17) is 16.3 Å². The first-order valence-corrected chi connectivity index (χ1v) is 6.26. The molecule has 2 rings (SSSR count). The monoisotopic (exact) mass is 261 g/mol. The van der Waals surface area contributed by atoms with Gasteiger partial charge in [-0.3, -0.25) is 0 Å². The topological polar surface area (TPSA) is 21.3 Å². The van der Waals surface area contributed by atoms with Crippen LogP contribution in [0.15, 0.2) is 48.5 Å². The molecule has 94 valence electrons. The second-order valence-electron chi connectivity index (χ2n) is 4.09. The quantitative estimate of drug-likeness (QED) is 0.887. The van der Waals surface area contributed by atoms with Gasteiger partial charge >= 0.3 is 0 Å². The highest BCUT2D eigenvalue weighted by Gasteiger charge is 1.97. The average Bonchev–Trinajstić information content (AvgIpc) is 2.38. The highest BCUT2D eigenvalue weighted by atomic mass is 35.5. The summed E-state index contributed by atoms with van der Waals surface area (Å²) < 4.78 is 5.67. The summed E-state index contributed by atoms with van der Waals surface area (Å²) in [6, 6.07) is 15.8. The Morgan fingerprint density at radius 2 is 1.78 bits per heavy atom. The fourth-order valence-electron chi connectivity index (χ4n) is 1.68. The van der Waals surface area contributed by atoms with E-state index >= 15 is 0 Å². The van der Waals surface area contributed by atoms with Gasteiger partial charge in [-0.15, -0.1) is 0 Å². The zero-order chi connectivity index (χ0) is 12.8. The highest BCUT2D eigenvalue weighted by molar-refractivity contribution is 6.30. The summed E-state index contributed by atoms with van der Waals surface area (Å²) in [5, 5.41) is 3.81. The van der Waals surface area contributed by atoms with Crippen LogP contribution in [0.5, 0.6) is 5.75 Å². The Labute approximate surface area is 113 Å². The number of nitrogens with one attached hydrogen (secondary N) is 1. The molecule has 0 aliphatic carbocycles. The minimum absolute atomic E-state index is 0.556. The Morgan fingerprint density at radius 1 is 1.06 bits per heavy atom. The van der Waals surface area contributed by atoms with E-state index in [1.165, 1.54) is 5.56 Å². The van der Waals surface area contributed by atoms with Gasteiger partial charge in [0.2, 0.25) is 0 Å². The van der Waals surface area contributed by atoms with Gasteiger partial charge in [0.1, 0.15) is 12.4 Å². The summed E-state index contributed by atoms with van der Waals surface area (Å²) in [7, 11) is 1.94. The van der Waals surface area contributed by atoms with Crippen molar-refractivity contribution in [2.24, 2.45) is 0 Å². The number of ether oxygens (including phenoxy) is 1. The van der Waals surface area contributed by atoms with Gasteiger partial charge in [0.25, 0.3) is 0 Å². The predicted octanol–water partition coefficient (Wildman–Crippen LogP) is 3.64. The van der Waals surface area contributed by atoms with Crippen LogP contribution in [0.4, 0.5) is 0 Å². The van der Waals surface area contributed by atoms with Gasteiger partial charge in [-0.2, -0.15) is 0 Å². The van der Waals surface area contributed by atoms with Crippen LogP contribution in [-0.2, 0) is 13.2 Å². The molecule has 3 heteroatoms. The van der Waals surface area contributed by atoms with Crippen molar-refractivity contribution in [3.05, 3.63) is 64.7 Å². The van der Waals surface area contributed by atoms with E-state index in [2.05, 4.69) is 29.6 Å². The first kappa shape index (κ1) is 12.9. The fourth-order valence-corrected chi connectivity index (χ4v) is 1.86. The summed E-state index contributed by atoms with van der Waals surface area (Å²) in [5.74, 6) is 0.793. The van der Waals surface area contributed by atoms with E-state index in [1.807, 2.05) is 31.3 Å². The van der Waals surface area contributed by atoms with Crippen LogP contribution in [0.3, 0.4) is 0 Å². The van der Waals surface area contributed by atoms with Gasteiger partial charge < -0.3 is 10.1 Å². The van der Waals surface area contributed by atoms with Gasteiger partial charge in [-0.1, -0.05) is 41.9 Å². The molecule has 0 unspecified atom stereocenters. The molecule has 0 aromatic heterocycles. The Kier molecular flexibility index (Phi) is 4.62. The Bertz CT molecular complexity index is 496. The molecule has 1 N–H and O–H groups in total. The van der Waals surface area contributed by atoms with Crippen LogP contribution < -0.4 is 10.1 Å². The average molecular weight is 262 g/mol. The minimum atomic E-state index is 0.556. The van der Waals surface area contributed by atoms with Gasteiger partial charge in [0.15, 0.2) is 0 Å². The van der Waals surface area contributed by atoms with Crippen LogP contribution in [-0.4, -0.2) is 7.05 Å². The third-order valence-electron chi connectivity index (χ3n) is 2.61. The second-order valence-corrected chi connectivity index (χ2v) is 4.53. The van der Waals surface area contributed by atoms with Crippen LogP contribution in [0.25, 0.3) is 0 Å². The van der Waals surface area contributed by atoms with Crippen LogP contribution >= 0.6 is 11.6 Å². The van der Waals surface area contributed by atoms with E-state index in [0.717, 1.165) is 17.9 Å². The normalized spacial score (nSPS) is 10.3. The molecular weight excluding hydrogens is 246 g/mol. The highest BCUT2D eigenvalue weighted by Crippen LogP contribution is 2.18. The zero-order valence-corrected chi connectivity index (χ0v) is 11.1. The van der Waals surface area contributed by atoms with E-state index in [9.17, 15) is 0 Å².